The molecule has 3 rings (SSSR count). The molecule has 0 unspecified atom stereocenters. The highest BCUT2D eigenvalue weighted by Gasteiger charge is 2.29. The second-order valence-electron chi connectivity index (χ2n) is 9.75. The van der Waals surface area contributed by atoms with E-state index in [2.05, 4.69) is 20.8 Å². The molecule has 0 aromatic heterocycles. The lowest BCUT2D eigenvalue weighted by atomic mass is 9.87. The van der Waals surface area contributed by atoms with Gasteiger partial charge in [-0.15, -0.1) is 0 Å². The minimum atomic E-state index is -3.26. The van der Waals surface area contributed by atoms with Crippen molar-refractivity contribution in [2.75, 3.05) is 29.5 Å². The molecule has 0 radical (unpaired) electrons. The molecule has 0 saturated carbocycles. The summed E-state index contributed by atoms with van der Waals surface area (Å²) in [4.78, 5) is 39.6. The van der Waals surface area contributed by atoms with Gasteiger partial charge in [0.05, 0.1) is 18.1 Å². The van der Waals surface area contributed by atoms with Crippen molar-refractivity contribution in [1.29, 1.82) is 0 Å². The van der Waals surface area contributed by atoms with E-state index >= 15 is 0 Å². The number of benzene rings is 2. The molecule has 37 heavy (non-hydrogen) atoms. The topological polar surface area (TPSA) is 116 Å². The van der Waals surface area contributed by atoms with Crippen LogP contribution in [-0.2, 0) is 26.6 Å². The fourth-order valence-electron chi connectivity index (χ4n) is 3.67. The number of amides is 4. The average molecular weight is 537 g/mol. The Morgan fingerprint density at radius 2 is 1.51 bits per heavy atom. The third kappa shape index (κ3) is 7.48. The third-order valence-corrected chi connectivity index (χ3v) is 7.55. The van der Waals surface area contributed by atoms with Gasteiger partial charge in [-0.25, -0.2) is 13.2 Å². The molecular weight excluding hydrogens is 506 g/mol. The Hall–Kier alpha value is -3.54. The quantitative estimate of drug-likeness (QED) is 0.571. The van der Waals surface area contributed by atoms with E-state index in [4.69, 9.17) is 0 Å². The minimum Gasteiger partial charge on any atom is -0.322 e. The van der Waals surface area contributed by atoms with Crippen LogP contribution in [0.5, 0.6) is 0 Å². The second kappa shape index (κ2) is 11.2. The number of alkyl halides is 2. The summed E-state index contributed by atoms with van der Waals surface area (Å²) in [5, 5.41) is 0. The molecule has 0 atom stereocenters. The number of hydrazine groups is 1. The molecular formula is C25H30F2N4O5S. The van der Waals surface area contributed by atoms with E-state index in [9.17, 15) is 31.6 Å². The van der Waals surface area contributed by atoms with E-state index in [0.29, 0.717) is 11.3 Å². The van der Waals surface area contributed by atoms with Crippen LogP contribution in [0.15, 0.2) is 48.5 Å². The normalized spacial score (nSPS) is 15.2. The second-order valence-corrected chi connectivity index (χ2v) is 12.0. The molecule has 0 spiro atoms. The number of nitrogens with one attached hydrogen (secondary N) is 2. The van der Waals surface area contributed by atoms with Gasteiger partial charge in [-0.3, -0.25) is 25.3 Å². The zero-order chi connectivity index (χ0) is 27.4. The number of urea groups is 1. The van der Waals surface area contributed by atoms with Crippen LogP contribution in [0.2, 0.25) is 0 Å². The van der Waals surface area contributed by atoms with Gasteiger partial charge in [-0.1, -0.05) is 45.0 Å². The van der Waals surface area contributed by atoms with Crippen LogP contribution in [0.1, 0.15) is 42.3 Å². The molecule has 1 aliphatic heterocycles. The van der Waals surface area contributed by atoms with Crippen LogP contribution >= 0.6 is 0 Å². The SMILES string of the molecule is CC(C)(C)c1ccc(N(Cc2ccc(C(=O)NNC(=O)C(F)F)cc2)C(=O)N2CCS(=O)(=O)CC2)cc1. The van der Waals surface area contributed by atoms with E-state index in [1.165, 1.54) is 17.0 Å². The Kier molecular flexibility index (Phi) is 8.52. The number of carbonyl (C=O) groups is 3. The fraction of sp³-hybridized carbons (Fsp3) is 0.400. The number of rotatable bonds is 5. The molecule has 2 aromatic carbocycles. The summed E-state index contributed by atoms with van der Waals surface area (Å²) in [6.07, 6.45) is -3.26. The van der Waals surface area contributed by atoms with Gasteiger partial charge in [0.2, 0.25) is 0 Å². The number of nitrogens with zero attached hydrogens (tertiary/aromatic N) is 2. The molecule has 0 bridgehead atoms. The summed E-state index contributed by atoms with van der Waals surface area (Å²) in [6, 6.07) is 13.3. The van der Waals surface area contributed by atoms with E-state index in [1.807, 2.05) is 29.7 Å². The van der Waals surface area contributed by atoms with Crippen LogP contribution in [0.4, 0.5) is 19.3 Å². The van der Waals surface area contributed by atoms with Crippen LogP contribution < -0.4 is 15.8 Å². The van der Waals surface area contributed by atoms with Crippen LogP contribution in [-0.4, -0.2) is 62.2 Å². The van der Waals surface area contributed by atoms with Gasteiger partial charge in [-0.05, 0) is 40.8 Å². The summed E-state index contributed by atoms with van der Waals surface area (Å²) in [6.45, 7) is 6.57. The zero-order valence-electron chi connectivity index (χ0n) is 20.8. The first-order valence-corrected chi connectivity index (χ1v) is 13.4. The Labute approximate surface area is 214 Å². The van der Waals surface area contributed by atoms with Crippen molar-refractivity contribution in [3.63, 3.8) is 0 Å². The van der Waals surface area contributed by atoms with Crippen molar-refractivity contribution in [3.8, 4) is 0 Å². The molecule has 1 heterocycles. The van der Waals surface area contributed by atoms with Crippen molar-refractivity contribution in [1.82, 2.24) is 15.8 Å². The molecule has 4 amide bonds. The highest BCUT2D eigenvalue weighted by Crippen LogP contribution is 2.27. The predicted molar refractivity (Wildman–Crippen MR) is 135 cm³/mol. The Balaban J connectivity index is 1.80. The van der Waals surface area contributed by atoms with Gasteiger partial charge in [0, 0.05) is 24.3 Å². The van der Waals surface area contributed by atoms with Gasteiger partial charge in [0.1, 0.15) is 0 Å². The summed E-state index contributed by atoms with van der Waals surface area (Å²) < 4.78 is 48.3. The van der Waals surface area contributed by atoms with Gasteiger partial charge in [0.25, 0.3) is 5.91 Å². The van der Waals surface area contributed by atoms with Crippen molar-refractivity contribution >= 4 is 33.4 Å². The first kappa shape index (κ1) is 28.0. The van der Waals surface area contributed by atoms with Gasteiger partial charge in [0.15, 0.2) is 9.84 Å². The lowest BCUT2D eigenvalue weighted by Crippen LogP contribution is -2.49. The number of sulfone groups is 1. The van der Waals surface area contributed by atoms with Crippen LogP contribution in [0.25, 0.3) is 0 Å². The summed E-state index contributed by atoms with van der Waals surface area (Å²) >= 11 is 0. The first-order chi connectivity index (χ1) is 17.3. The lowest BCUT2D eigenvalue weighted by molar-refractivity contribution is -0.132. The van der Waals surface area contributed by atoms with Crippen molar-refractivity contribution in [3.05, 3.63) is 65.2 Å². The highest BCUT2D eigenvalue weighted by molar-refractivity contribution is 7.91. The summed E-state index contributed by atoms with van der Waals surface area (Å²) in [7, 11) is -3.17. The standard InChI is InChI=1S/C25H30F2N4O5S/c1-25(2,3)19-8-10-20(11-9-19)31(24(34)30-12-14-37(35,36)15-13-30)16-17-4-6-18(7-5-17)22(32)28-29-23(33)21(26)27/h4-11,21H,12-16H2,1-3H3,(H,28,32)(H,29,33). The van der Waals surface area contributed by atoms with Crippen molar-refractivity contribution in [2.45, 2.75) is 39.2 Å². The zero-order valence-corrected chi connectivity index (χ0v) is 21.6. The molecule has 12 heteroatoms. The maximum absolute atomic E-state index is 13.5. The maximum Gasteiger partial charge on any atom is 0.324 e. The van der Waals surface area contributed by atoms with Gasteiger partial charge in [-0.2, -0.15) is 8.78 Å². The molecule has 0 aliphatic carbocycles. The van der Waals surface area contributed by atoms with Crippen molar-refractivity contribution in [2.24, 2.45) is 0 Å². The summed E-state index contributed by atoms with van der Waals surface area (Å²) in [5.74, 6) is -2.59. The smallest absolute Gasteiger partial charge is 0.322 e. The predicted octanol–water partition coefficient (Wildman–Crippen LogP) is 2.87. The highest BCUT2D eigenvalue weighted by atomic mass is 32.2. The molecule has 200 valence electrons. The fourth-order valence-corrected chi connectivity index (χ4v) is 4.88. The van der Waals surface area contributed by atoms with Crippen LogP contribution in [0, 0.1) is 0 Å². The molecule has 9 nitrogen and oxygen atoms in total. The monoisotopic (exact) mass is 536 g/mol. The van der Waals surface area contributed by atoms with E-state index in [-0.39, 0.29) is 48.1 Å². The number of halogens is 2. The molecule has 1 fully saturated rings. The molecule has 2 aromatic rings. The largest absolute Gasteiger partial charge is 0.324 e. The lowest BCUT2D eigenvalue weighted by Gasteiger charge is -2.33. The van der Waals surface area contributed by atoms with Crippen molar-refractivity contribution < 1.29 is 31.6 Å². The average Bonchev–Trinajstić information content (AvgIpc) is 2.85. The van der Waals surface area contributed by atoms with Crippen LogP contribution in [0.3, 0.4) is 0 Å². The first-order valence-electron chi connectivity index (χ1n) is 11.6. The summed E-state index contributed by atoms with van der Waals surface area (Å²) in [5.41, 5.74) is 5.96. The molecule has 1 saturated heterocycles. The van der Waals surface area contributed by atoms with Gasteiger partial charge < -0.3 is 4.90 Å². The Morgan fingerprint density at radius 3 is 2.03 bits per heavy atom. The third-order valence-electron chi connectivity index (χ3n) is 5.95. The Bertz CT molecular complexity index is 1230. The minimum absolute atomic E-state index is 0.0835. The number of hydrogen-bond acceptors (Lipinski definition) is 5. The van der Waals surface area contributed by atoms with Gasteiger partial charge >= 0.3 is 18.4 Å². The Morgan fingerprint density at radius 1 is 0.946 bits per heavy atom. The van der Waals surface area contributed by atoms with E-state index in [1.54, 1.807) is 22.5 Å². The number of anilines is 1. The van der Waals surface area contributed by atoms with E-state index < -0.39 is 28.1 Å². The number of carbonyl (C=O) groups excluding carboxylic acids is 3. The number of hydrogen-bond donors (Lipinski definition) is 2. The maximum atomic E-state index is 13.5. The molecule has 2 N–H and O–H groups in total. The van der Waals surface area contributed by atoms with E-state index in [0.717, 1.165) is 5.56 Å². The molecule has 1 aliphatic rings.